The Balaban J connectivity index is 2.21. The molecule has 1 fully saturated rings. The minimum atomic E-state index is 0.224. The molecule has 2 nitrogen and oxygen atoms in total. The van der Waals surface area contributed by atoms with Crippen molar-refractivity contribution in [2.75, 3.05) is 13.1 Å². The van der Waals surface area contributed by atoms with Crippen LogP contribution in [0.2, 0.25) is 0 Å². The number of carbonyl (C=O) groups excluding carboxylic acids is 1. The maximum absolute atomic E-state index is 10.7. The van der Waals surface area contributed by atoms with E-state index in [1.54, 1.807) is 11.0 Å². The predicted octanol–water partition coefficient (Wildman–Crippen LogP) is 0.408. The highest BCUT2D eigenvalue weighted by Gasteiger charge is 2.21. The molecule has 1 aliphatic rings. The zero-order valence-corrected chi connectivity index (χ0v) is 5.71. The molecule has 0 aromatic heterocycles. The Morgan fingerprint density at radius 1 is 1.80 bits per heavy atom. The van der Waals surface area contributed by atoms with Crippen LogP contribution in [0, 0.1) is 12.3 Å². The lowest BCUT2D eigenvalue weighted by molar-refractivity contribution is -0.138. The number of rotatable bonds is 2. The van der Waals surface area contributed by atoms with Crippen LogP contribution in [0.5, 0.6) is 0 Å². The number of allylic oxidation sites excluding steroid dienone is 1. The van der Waals surface area contributed by atoms with Gasteiger partial charge in [0.1, 0.15) is 0 Å². The Labute approximate surface area is 60.5 Å². The van der Waals surface area contributed by atoms with Crippen molar-refractivity contribution < 1.29 is 4.79 Å². The number of hydrogen-bond acceptors (Lipinski definition) is 1. The molecule has 10 heavy (non-hydrogen) atoms. The summed E-state index contributed by atoms with van der Waals surface area (Å²) in [5, 5.41) is 0. The van der Waals surface area contributed by atoms with E-state index in [4.69, 9.17) is 6.42 Å². The Hall–Kier alpha value is -1.23. The molecule has 0 spiro atoms. The number of β-lactam (4-membered cyclic amide) rings is 1. The van der Waals surface area contributed by atoms with Gasteiger partial charge in [0.05, 0.1) is 0 Å². The summed E-state index contributed by atoms with van der Waals surface area (Å²) in [5.74, 6) is 2.59. The van der Waals surface area contributed by atoms with Gasteiger partial charge in [-0.3, -0.25) is 4.79 Å². The van der Waals surface area contributed by atoms with Gasteiger partial charge in [-0.05, 0) is 6.08 Å². The van der Waals surface area contributed by atoms with Crippen molar-refractivity contribution in [1.29, 1.82) is 0 Å². The van der Waals surface area contributed by atoms with Gasteiger partial charge in [-0.2, -0.15) is 0 Å². The fourth-order valence-corrected chi connectivity index (χ4v) is 0.802. The molecule has 1 heterocycles. The van der Waals surface area contributed by atoms with Crippen LogP contribution in [0.1, 0.15) is 6.42 Å². The van der Waals surface area contributed by atoms with Gasteiger partial charge >= 0.3 is 0 Å². The summed E-state index contributed by atoms with van der Waals surface area (Å²) in [6.07, 6.45) is 9.10. The third kappa shape index (κ3) is 1.38. The molecule has 0 saturated carbocycles. The quantitative estimate of drug-likeness (QED) is 0.396. The molecule has 0 aromatic rings. The number of terminal acetylenes is 1. The number of nitrogens with zero attached hydrogens (tertiary/aromatic N) is 1. The molecule has 0 atom stereocenters. The number of carbonyl (C=O) groups is 1. The summed E-state index contributed by atoms with van der Waals surface area (Å²) < 4.78 is 0. The lowest BCUT2D eigenvalue weighted by Crippen LogP contribution is -2.43. The van der Waals surface area contributed by atoms with E-state index in [9.17, 15) is 4.79 Å². The molecule has 1 amide bonds. The van der Waals surface area contributed by atoms with Crippen LogP contribution < -0.4 is 0 Å². The zero-order chi connectivity index (χ0) is 7.40. The SMILES string of the molecule is C#C/C=C/CN1CCC1=O. The highest BCUT2D eigenvalue weighted by molar-refractivity contribution is 5.81. The first-order valence-electron chi connectivity index (χ1n) is 3.23. The molecule has 0 aliphatic carbocycles. The molecule has 0 unspecified atom stereocenters. The first-order valence-corrected chi connectivity index (χ1v) is 3.23. The Bertz CT molecular complexity index is 200. The highest BCUT2D eigenvalue weighted by Crippen LogP contribution is 2.06. The minimum absolute atomic E-state index is 0.224. The zero-order valence-electron chi connectivity index (χ0n) is 5.71. The molecular weight excluding hydrogens is 126 g/mol. The smallest absolute Gasteiger partial charge is 0.224 e. The fourth-order valence-electron chi connectivity index (χ4n) is 0.802. The normalized spacial score (nSPS) is 17.1. The molecule has 52 valence electrons. The summed E-state index contributed by atoms with van der Waals surface area (Å²) in [6.45, 7) is 1.55. The molecule has 1 saturated heterocycles. The largest absolute Gasteiger partial charge is 0.338 e. The van der Waals surface area contributed by atoms with Gasteiger partial charge in [0.2, 0.25) is 5.91 Å². The average molecular weight is 135 g/mol. The van der Waals surface area contributed by atoms with Gasteiger partial charge < -0.3 is 4.90 Å². The van der Waals surface area contributed by atoms with Gasteiger partial charge in [0, 0.05) is 19.5 Å². The Kier molecular flexibility index (Phi) is 2.11. The lowest BCUT2D eigenvalue weighted by atomic mass is 10.2. The van der Waals surface area contributed by atoms with Crippen molar-refractivity contribution in [2.24, 2.45) is 0 Å². The number of amides is 1. The van der Waals surface area contributed by atoms with Crippen LogP contribution in [0.3, 0.4) is 0 Å². The minimum Gasteiger partial charge on any atom is -0.338 e. The van der Waals surface area contributed by atoms with Crippen molar-refractivity contribution >= 4 is 5.91 Å². The van der Waals surface area contributed by atoms with E-state index in [0.717, 1.165) is 6.54 Å². The highest BCUT2D eigenvalue weighted by atomic mass is 16.2. The van der Waals surface area contributed by atoms with Gasteiger partial charge in [-0.15, -0.1) is 6.42 Å². The second-order valence-corrected chi connectivity index (χ2v) is 2.16. The maximum atomic E-state index is 10.7. The van der Waals surface area contributed by atoms with Crippen LogP contribution >= 0.6 is 0 Å². The van der Waals surface area contributed by atoms with Crippen molar-refractivity contribution in [3.63, 3.8) is 0 Å². The number of likely N-dealkylation sites (tertiary alicyclic amines) is 1. The lowest BCUT2D eigenvalue weighted by Gasteiger charge is -2.29. The monoisotopic (exact) mass is 135 g/mol. The molecule has 1 aliphatic heterocycles. The van der Waals surface area contributed by atoms with E-state index in [1.807, 2.05) is 6.08 Å². The van der Waals surface area contributed by atoms with Crippen LogP contribution in [0.4, 0.5) is 0 Å². The molecule has 0 aromatic carbocycles. The van der Waals surface area contributed by atoms with Gasteiger partial charge in [0.25, 0.3) is 0 Å². The second kappa shape index (κ2) is 3.07. The number of hydrogen-bond donors (Lipinski definition) is 0. The fraction of sp³-hybridized carbons (Fsp3) is 0.375. The van der Waals surface area contributed by atoms with E-state index in [1.165, 1.54) is 0 Å². The molecule has 2 heteroatoms. The van der Waals surface area contributed by atoms with Gasteiger partial charge in [-0.25, -0.2) is 0 Å². The van der Waals surface area contributed by atoms with Crippen molar-refractivity contribution in [3.8, 4) is 12.3 Å². The first kappa shape index (κ1) is 6.88. The van der Waals surface area contributed by atoms with E-state index in [-0.39, 0.29) is 5.91 Å². The average Bonchev–Trinajstić information content (AvgIpc) is 1.95. The molecule has 0 N–H and O–H groups in total. The van der Waals surface area contributed by atoms with E-state index < -0.39 is 0 Å². The summed E-state index contributed by atoms with van der Waals surface area (Å²) in [4.78, 5) is 12.4. The summed E-state index contributed by atoms with van der Waals surface area (Å²) in [6, 6.07) is 0. The van der Waals surface area contributed by atoms with Crippen molar-refractivity contribution in [2.45, 2.75) is 6.42 Å². The standard InChI is InChI=1S/C8H9NO/c1-2-3-4-6-9-7-5-8(9)10/h1,3-4H,5-7H2/b4-3+. The molecule has 1 rings (SSSR count). The Morgan fingerprint density at radius 2 is 2.60 bits per heavy atom. The van der Waals surface area contributed by atoms with Crippen LogP contribution in [-0.4, -0.2) is 23.9 Å². The summed E-state index contributed by atoms with van der Waals surface area (Å²) >= 11 is 0. The summed E-state index contributed by atoms with van der Waals surface area (Å²) in [5.41, 5.74) is 0. The Morgan fingerprint density at radius 3 is 3.00 bits per heavy atom. The van der Waals surface area contributed by atoms with Crippen LogP contribution in [0.25, 0.3) is 0 Å². The molecule has 0 bridgehead atoms. The first-order chi connectivity index (χ1) is 4.84. The third-order valence-electron chi connectivity index (χ3n) is 1.49. The van der Waals surface area contributed by atoms with E-state index in [0.29, 0.717) is 13.0 Å². The van der Waals surface area contributed by atoms with Crippen molar-refractivity contribution in [1.82, 2.24) is 4.90 Å². The predicted molar refractivity (Wildman–Crippen MR) is 39.2 cm³/mol. The van der Waals surface area contributed by atoms with E-state index in [2.05, 4.69) is 5.92 Å². The topological polar surface area (TPSA) is 20.3 Å². The maximum Gasteiger partial charge on any atom is 0.224 e. The molecular formula is C8H9NO. The second-order valence-electron chi connectivity index (χ2n) is 2.16. The van der Waals surface area contributed by atoms with Crippen LogP contribution in [-0.2, 0) is 4.79 Å². The third-order valence-corrected chi connectivity index (χ3v) is 1.49. The summed E-state index contributed by atoms with van der Waals surface area (Å²) in [7, 11) is 0. The van der Waals surface area contributed by atoms with E-state index >= 15 is 0 Å². The van der Waals surface area contributed by atoms with Crippen molar-refractivity contribution in [3.05, 3.63) is 12.2 Å². The van der Waals surface area contributed by atoms with Gasteiger partial charge in [0.15, 0.2) is 0 Å². The van der Waals surface area contributed by atoms with Crippen LogP contribution in [0.15, 0.2) is 12.2 Å². The van der Waals surface area contributed by atoms with Gasteiger partial charge in [-0.1, -0.05) is 12.0 Å². The molecule has 0 radical (unpaired) electrons.